The van der Waals surface area contributed by atoms with E-state index in [0.29, 0.717) is 0 Å². The summed E-state index contributed by atoms with van der Waals surface area (Å²) < 4.78 is 2.13. The summed E-state index contributed by atoms with van der Waals surface area (Å²) in [6.07, 6.45) is 0. The van der Waals surface area contributed by atoms with Crippen LogP contribution >= 0.6 is 54.8 Å². The zero-order valence-corrected chi connectivity index (χ0v) is 14.5. The standard InChI is InChI=1S/C15H9Br2ClS/c16-12-8-13(19-15(12)17)14(18)11-7-3-5-9-4-1-2-6-10(9)11/h1-8,14H. The summed E-state index contributed by atoms with van der Waals surface area (Å²) >= 11 is 15.4. The molecule has 96 valence electrons. The minimum atomic E-state index is -0.126. The summed E-state index contributed by atoms with van der Waals surface area (Å²) in [7, 11) is 0. The molecule has 4 heteroatoms. The summed E-state index contributed by atoms with van der Waals surface area (Å²) in [6, 6.07) is 16.7. The fourth-order valence-electron chi connectivity index (χ4n) is 2.11. The van der Waals surface area contributed by atoms with Crippen molar-refractivity contribution in [1.82, 2.24) is 0 Å². The molecule has 3 rings (SSSR count). The Balaban J connectivity index is 2.13. The molecule has 1 aromatic heterocycles. The summed E-state index contributed by atoms with van der Waals surface area (Å²) in [5, 5.41) is 2.31. The minimum Gasteiger partial charge on any atom is -0.130 e. The number of benzene rings is 2. The van der Waals surface area contributed by atoms with Crippen molar-refractivity contribution in [3.8, 4) is 0 Å². The summed E-state index contributed by atoms with van der Waals surface area (Å²) in [6.45, 7) is 0. The van der Waals surface area contributed by atoms with Crippen LogP contribution in [0.1, 0.15) is 15.8 Å². The molecule has 0 aliphatic heterocycles. The topological polar surface area (TPSA) is 0 Å². The lowest BCUT2D eigenvalue weighted by molar-refractivity contribution is 1.21. The van der Waals surface area contributed by atoms with Gasteiger partial charge in [0.1, 0.15) is 0 Å². The zero-order valence-electron chi connectivity index (χ0n) is 9.74. The van der Waals surface area contributed by atoms with Crippen molar-refractivity contribution < 1.29 is 0 Å². The van der Waals surface area contributed by atoms with E-state index in [1.54, 1.807) is 11.3 Å². The van der Waals surface area contributed by atoms with Gasteiger partial charge in [0.05, 0.1) is 9.16 Å². The fourth-order valence-corrected chi connectivity index (χ4v) is 4.59. The van der Waals surface area contributed by atoms with Gasteiger partial charge in [-0.15, -0.1) is 22.9 Å². The van der Waals surface area contributed by atoms with Crippen LogP contribution in [0.5, 0.6) is 0 Å². The van der Waals surface area contributed by atoms with E-state index in [9.17, 15) is 0 Å². The Bertz CT molecular complexity index is 711. The monoisotopic (exact) mass is 414 g/mol. The predicted octanol–water partition coefficient (Wildman–Crippen LogP) is 6.75. The summed E-state index contributed by atoms with van der Waals surface area (Å²) in [5.41, 5.74) is 1.15. The summed E-state index contributed by atoms with van der Waals surface area (Å²) in [5.74, 6) is 0. The molecule has 1 unspecified atom stereocenters. The number of thiophene rings is 1. The maximum absolute atomic E-state index is 6.66. The van der Waals surface area contributed by atoms with E-state index in [-0.39, 0.29) is 5.38 Å². The van der Waals surface area contributed by atoms with Gasteiger partial charge in [-0.1, -0.05) is 42.5 Å². The van der Waals surface area contributed by atoms with Crippen LogP contribution in [0.15, 0.2) is 56.8 Å². The minimum absolute atomic E-state index is 0.126. The third kappa shape index (κ3) is 2.62. The van der Waals surface area contributed by atoms with Crippen LogP contribution in [-0.4, -0.2) is 0 Å². The average Bonchev–Trinajstić information content (AvgIpc) is 2.77. The molecule has 0 spiro atoms. The Kier molecular flexibility index (Phi) is 3.99. The fraction of sp³-hybridized carbons (Fsp3) is 0.0667. The van der Waals surface area contributed by atoms with Gasteiger partial charge in [-0.25, -0.2) is 0 Å². The molecule has 0 aliphatic rings. The van der Waals surface area contributed by atoms with Crippen LogP contribution in [-0.2, 0) is 0 Å². The smallest absolute Gasteiger partial charge is 0.0934 e. The van der Waals surface area contributed by atoms with Crippen molar-refractivity contribution in [1.29, 1.82) is 0 Å². The zero-order chi connectivity index (χ0) is 13.4. The Hall–Kier alpha value is -0.350. The van der Waals surface area contributed by atoms with Gasteiger partial charge in [0.25, 0.3) is 0 Å². The van der Waals surface area contributed by atoms with Crippen LogP contribution < -0.4 is 0 Å². The molecule has 0 radical (unpaired) electrons. The van der Waals surface area contributed by atoms with E-state index in [1.807, 2.05) is 6.07 Å². The highest BCUT2D eigenvalue weighted by molar-refractivity contribution is 9.13. The largest absolute Gasteiger partial charge is 0.130 e. The highest BCUT2D eigenvalue weighted by Crippen LogP contribution is 2.42. The second-order valence-electron chi connectivity index (χ2n) is 4.20. The highest BCUT2D eigenvalue weighted by atomic mass is 79.9. The van der Waals surface area contributed by atoms with E-state index in [0.717, 1.165) is 18.7 Å². The first kappa shape index (κ1) is 13.6. The molecule has 3 aromatic rings. The van der Waals surface area contributed by atoms with Gasteiger partial charge in [-0.3, -0.25) is 0 Å². The van der Waals surface area contributed by atoms with E-state index < -0.39 is 0 Å². The lowest BCUT2D eigenvalue weighted by atomic mass is 10.0. The van der Waals surface area contributed by atoms with Gasteiger partial charge < -0.3 is 0 Å². The lowest BCUT2D eigenvalue weighted by Crippen LogP contribution is -1.91. The molecule has 1 heterocycles. The van der Waals surface area contributed by atoms with Gasteiger partial charge in [0, 0.05) is 9.35 Å². The molecule has 2 aromatic carbocycles. The van der Waals surface area contributed by atoms with Crippen LogP contribution in [0.2, 0.25) is 0 Å². The Morgan fingerprint density at radius 3 is 2.47 bits per heavy atom. The Morgan fingerprint density at radius 2 is 1.74 bits per heavy atom. The molecule has 0 saturated heterocycles. The molecule has 19 heavy (non-hydrogen) atoms. The number of hydrogen-bond acceptors (Lipinski definition) is 1. The van der Waals surface area contributed by atoms with Gasteiger partial charge in [0.15, 0.2) is 0 Å². The van der Waals surface area contributed by atoms with Gasteiger partial charge in [-0.05, 0) is 54.3 Å². The van der Waals surface area contributed by atoms with Crippen LogP contribution in [0, 0.1) is 0 Å². The second-order valence-corrected chi connectivity index (χ2v) is 7.89. The average molecular weight is 417 g/mol. The maximum atomic E-state index is 6.66. The van der Waals surface area contributed by atoms with Crippen molar-refractivity contribution in [2.24, 2.45) is 0 Å². The molecule has 0 nitrogen and oxygen atoms in total. The molecule has 1 atom stereocenters. The lowest BCUT2D eigenvalue weighted by Gasteiger charge is -2.11. The number of fused-ring (bicyclic) bond motifs is 1. The van der Waals surface area contributed by atoms with E-state index >= 15 is 0 Å². The molecule has 0 amide bonds. The quantitative estimate of drug-likeness (QED) is 0.405. The first-order valence-electron chi connectivity index (χ1n) is 5.73. The van der Waals surface area contributed by atoms with Crippen LogP contribution in [0.25, 0.3) is 10.8 Å². The van der Waals surface area contributed by atoms with E-state index in [1.165, 1.54) is 10.8 Å². The van der Waals surface area contributed by atoms with E-state index in [2.05, 4.69) is 74.3 Å². The van der Waals surface area contributed by atoms with Crippen molar-refractivity contribution in [3.05, 3.63) is 67.2 Å². The van der Waals surface area contributed by atoms with Crippen molar-refractivity contribution in [2.45, 2.75) is 5.38 Å². The molecule has 0 fully saturated rings. The number of hydrogen-bond donors (Lipinski definition) is 0. The van der Waals surface area contributed by atoms with Crippen molar-refractivity contribution in [2.75, 3.05) is 0 Å². The molecule has 0 saturated carbocycles. The van der Waals surface area contributed by atoms with E-state index in [4.69, 9.17) is 11.6 Å². The van der Waals surface area contributed by atoms with Crippen LogP contribution in [0.3, 0.4) is 0 Å². The first-order chi connectivity index (χ1) is 9.16. The molecular formula is C15H9Br2ClS. The number of halogens is 3. The predicted molar refractivity (Wildman–Crippen MR) is 91.4 cm³/mol. The SMILES string of the molecule is ClC(c1cc(Br)c(Br)s1)c1cccc2ccccc12. The van der Waals surface area contributed by atoms with Crippen molar-refractivity contribution >= 4 is 65.6 Å². The summed E-state index contributed by atoms with van der Waals surface area (Å²) in [4.78, 5) is 1.14. The second kappa shape index (κ2) is 5.57. The Labute approximate surface area is 137 Å². The van der Waals surface area contributed by atoms with Gasteiger partial charge in [0.2, 0.25) is 0 Å². The molecule has 0 N–H and O–H groups in total. The van der Waals surface area contributed by atoms with Crippen LogP contribution in [0.4, 0.5) is 0 Å². The normalized spacial score (nSPS) is 12.8. The van der Waals surface area contributed by atoms with Gasteiger partial charge in [-0.2, -0.15) is 0 Å². The van der Waals surface area contributed by atoms with Gasteiger partial charge >= 0.3 is 0 Å². The highest BCUT2D eigenvalue weighted by Gasteiger charge is 2.17. The molecule has 0 aliphatic carbocycles. The molecular weight excluding hydrogens is 407 g/mol. The third-order valence-electron chi connectivity index (χ3n) is 3.01. The number of alkyl halides is 1. The molecule has 0 bridgehead atoms. The number of rotatable bonds is 2. The maximum Gasteiger partial charge on any atom is 0.0934 e. The van der Waals surface area contributed by atoms with Crippen molar-refractivity contribution in [3.63, 3.8) is 0 Å². The first-order valence-corrected chi connectivity index (χ1v) is 8.57. The third-order valence-corrected chi connectivity index (χ3v) is 6.93. The Morgan fingerprint density at radius 1 is 1.00 bits per heavy atom.